The van der Waals surface area contributed by atoms with Crippen LogP contribution in [0.4, 0.5) is 0 Å². The van der Waals surface area contributed by atoms with E-state index in [1.54, 1.807) is 17.9 Å². The smallest absolute Gasteiger partial charge is 0.274 e. The Morgan fingerprint density at radius 2 is 2.21 bits per heavy atom. The van der Waals surface area contributed by atoms with Crippen molar-refractivity contribution in [2.24, 2.45) is 5.92 Å². The fourth-order valence-electron chi connectivity index (χ4n) is 4.40. The molecule has 0 aliphatic carbocycles. The predicted molar refractivity (Wildman–Crippen MR) is 103 cm³/mol. The molecule has 0 radical (unpaired) electrons. The largest absolute Gasteiger partial charge is 0.375 e. The van der Waals surface area contributed by atoms with E-state index in [-0.39, 0.29) is 11.5 Å². The van der Waals surface area contributed by atoms with E-state index < -0.39 is 0 Å². The lowest BCUT2D eigenvalue weighted by Crippen LogP contribution is -2.51. The molecule has 0 saturated carbocycles. The lowest BCUT2D eigenvalue weighted by atomic mass is 9.78. The van der Waals surface area contributed by atoms with Crippen LogP contribution in [0.1, 0.15) is 54.8 Å². The molecule has 1 atom stereocenters. The summed E-state index contributed by atoms with van der Waals surface area (Å²) >= 11 is 0. The van der Waals surface area contributed by atoms with Crippen LogP contribution in [0.5, 0.6) is 0 Å². The van der Waals surface area contributed by atoms with Gasteiger partial charge in [-0.05, 0) is 44.6 Å². The molecule has 1 amide bonds. The first kappa shape index (κ1) is 20.0. The van der Waals surface area contributed by atoms with Crippen molar-refractivity contribution < 1.29 is 18.8 Å². The van der Waals surface area contributed by atoms with Crippen molar-refractivity contribution in [3.05, 3.63) is 29.7 Å². The van der Waals surface area contributed by atoms with Crippen LogP contribution in [0, 0.1) is 5.92 Å². The predicted octanol–water partition coefficient (Wildman–Crippen LogP) is 2.08. The van der Waals surface area contributed by atoms with Gasteiger partial charge in [-0.25, -0.2) is 0 Å². The monoisotopic (exact) mass is 403 g/mol. The molecule has 2 aromatic rings. The number of rotatable bonds is 6. The highest BCUT2D eigenvalue weighted by Gasteiger charge is 2.41. The number of aromatic nitrogens is 4. The van der Waals surface area contributed by atoms with E-state index >= 15 is 0 Å². The van der Waals surface area contributed by atoms with Crippen LogP contribution in [0.25, 0.3) is 0 Å². The zero-order chi connectivity index (χ0) is 20.3. The number of ether oxygens (including phenoxy) is 2. The lowest BCUT2D eigenvalue weighted by molar-refractivity contribution is -0.123. The van der Waals surface area contributed by atoms with Gasteiger partial charge >= 0.3 is 0 Å². The van der Waals surface area contributed by atoms with E-state index in [4.69, 9.17) is 14.0 Å². The first-order chi connectivity index (χ1) is 14.1. The second-order valence-corrected chi connectivity index (χ2v) is 7.98. The van der Waals surface area contributed by atoms with E-state index in [9.17, 15) is 4.79 Å². The normalized spacial score (nSPS) is 21.6. The Hall–Kier alpha value is -2.26. The standard InChI is InChI=1S/C20H29N5O4/c1-3-25-8-4-16(22-25)19(26)24-9-6-20(7-10-24)13-15(5-11-28-20)12-17-21-18(14-27-2)29-23-17/h4,8,15H,3,5-7,9-14H2,1-2H3. The maximum atomic E-state index is 12.7. The number of nitrogens with zero attached hydrogens (tertiary/aromatic N) is 5. The second kappa shape index (κ2) is 8.62. The molecule has 2 aromatic heterocycles. The molecule has 29 heavy (non-hydrogen) atoms. The van der Waals surface area contributed by atoms with Crippen molar-refractivity contribution in [2.45, 2.75) is 57.8 Å². The summed E-state index contributed by atoms with van der Waals surface area (Å²) in [4.78, 5) is 19.0. The molecule has 2 saturated heterocycles. The Balaban J connectivity index is 1.32. The first-order valence-corrected chi connectivity index (χ1v) is 10.4. The van der Waals surface area contributed by atoms with Gasteiger partial charge in [0.05, 0.1) is 5.60 Å². The highest BCUT2D eigenvalue weighted by atomic mass is 16.5. The zero-order valence-electron chi connectivity index (χ0n) is 17.2. The summed E-state index contributed by atoms with van der Waals surface area (Å²) in [5, 5.41) is 8.42. The molecule has 9 heteroatoms. The van der Waals surface area contributed by atoms with E-state index in [0.29, 0.717) is 37.2 Å². The Kier molecular flexibility index (Phi) is 5.96. The Labute approximate surface area is 170 Å². The number of carbonyl (C=O) groups is 1. The number of carbonyl (C=O) groups excluding carboxylic acids is 1. The topological polar surface area (TPSA) is 95.5 Å². The van der Waals surface area contributed by atoms with E-state index in [1.807, 2.05) is 18.0 Å². The minimum atomic E-state index is -0.151. The number of aryl methyl sites for hydroxylation is 1. The molecule has 4 heterocycles. The molecule has 0 bridgehead atoms. The van der Waals surface area contributed by atoms with Gasteiger partial charge in [0.1, 0.15) is 12.3 Å². The van der Waals surface area contributed by atoms with Crippen LogP contribution < -0.4 is 0 Å². The number of methoxy groups -OCH3 is 1. The molecule has 9 nitrogen and oxygen atoms in total. The minimum Gasteiger partial charge on any atom is -0.375 e. The van der Waals surface area contributed by atoms with Crippen molar-refractivity contribution in [3.8, 4) is 0 Å². The Morgan fingerprint density at radius 1 is 1.38 bits per heavy atom. The SMILES string of the molecule is CCn1ccc(C(=O)N2CCC3(CC2)CC(Cc2noc(COC)n2)CCO3)n1. The third-order valence-electron chi connectivity index (χ3n) is 5.99. The number of piperidine rings is 1. The average molecular weight is 403 g/mol. The molecule has 0 aromatic carbocycles. The van der Waals surface area contributed by atoms with Gasteiger partial charge in [0, 0.05) is 46.0 Å². The van der Waals surface area contributed by atoms with Crippen LogP contribution in [0.2, 0.25) is 0 Å². The van der Waals surface area contributed by atoms with Gasteiger partial charge in [0.15, 0.2) is 5.82 Å². The lowest BCUT2D eigenvalue weighted by Gasteiger charge is -2.46. The third kappa shape index (κ3) is 4.51. The molecule has 1 unspecified atom stereocenters. The Morgan fingerprint density at radius 3 is 2.93 bits per heavy atom. The van der Waals surface area contributed by atoms with Gasteiger partial charge in [0.25, 0.3) is 11.8 Å². The van der Waals surface area contributed by atoms with Gasteiger partial charge in [0.2, 0.25) is 0 Å². The summed E-state index contributed by atoms with van der Waals surface area (Å²) in [6.07, 6.45) is 6.30. The van der Waals surface area contributed by atoms with Crippen molar-refractivity contribution >= 4 is 5.91 Å². The van der Waals surface area contributed by atoms with Crippen molar-refractivity contribution in [1.29, 1.82) is 0 Å². The minimum absolute atomic E-state index is 0.0110. The van der Waals surface area contributed by atoms with Crippen LogP contribution in [-0.4, -0.2) is 63.1 Å². The first-order valence-electron chi connectivity index (χ1n) is 10.4. The van der Waals surface area contributed by atoms with Crippen LogP contribution >= 0.6 is 0 Å². The number of amides is 1. The zero-order valence-corrected chi connectivity index (χ0v) is 17.2. The fourth-order valence-corrected chi connectivity index (χ4v) is 4.40. The van der Waals surface area contributed by atoms with E-state index in [2.05, 4.69) is 15.2 Å². The quantitative estimate of drug-likeness (QED) is 0.728. The molecular weight excluding hydrogens is 374 g/mol. The van der Waals surface area contributed by atoms with Crippen molar-refractivity contribution in [3.63, 3.8) is 0 Å². The average Bonchev–Trinajstić information content (AvgIpc) is 3.38. The Bertz CT molecular complexity index is 824. The number of likely N-dealkylation sites (tertiary alicyclic amines) is 1. The molecule has 2 aliphatic rings. The highest BCUT2D eigenvalue weighted by Crippen LogP contribution is 2.38. The molecule has 158 valence electrons. The van der Waals surface area contributed by atoms with E-state index in [1.165, 1.54) is 0 Å². The molecule has 2 fully saturated rings. The summed E-state index contributed by atoms with van der Waals surface area (Å²) in [6.45, 7) is 5.25. The summed E-state index contributed by atoms with van der Waals surface area (Å²) in [5.41, 5.74) is 0.371. The highest BCUT2D eigenvalue weighted by molar-refractivity contribution is 5.92. The summed E-state index contributed by atoms with van der Waals surface area (Å²) < 4.78 is 18.3. The van der Waals surface area contributed by atoms with Gasteiger partial charge in [-0.15, -0.1) is 0 Å². The van der Waals surface area contributed by atoms with E-state index in [0.717, 1.165) is 51.1 Å². The maximum absolute atomic E-state index is 12.7. The molecule has 2 aliphatic heterocycles. The van der Waals surface area contributed by atoms with Crippen LogP contribution in [-0.2, 0) is 29.0 Å². The van der Waals surface area contributed by atoms with Crippen molar-refractivity contribution in [1.82, 2.24) is 24.8 Å². The summed E-state index contributed by atoms with van der Waals surface area (Å²) in [5.74, 6) is 1.72. The van der Waals surface area contributed by atoms with Crippen LogP contribution in [0.3, 0.4) is 0 Å². The molecular formula is C20H29N5O4. The van der Waals surface area contributed by atoms with Gasteiger partial charge in [-0.2, -0.15) is 10.1 Å². The molecule has 1 spiro atoms. The second-order valence-electron chi connectivity index (χ2n) is 7.98. The number of hydrogen-bond donors (Lipinski definition) is 0. The summed E-state index contributed by atoms with van der Waals surface area (Å²) in [7, 11) is 1.61. The summed E-state index contributed by atoms with van der Waals surface area (Å²) in [6, 6.07) is 1.80. The number of hydrogen-bond acceptors (Lipinski definition) is 7. The van der Waals surface area contributed by atoms with Crippen LogP contribution in [0.15, 0.2) is 16.8 Å². The van der Waals surface area contributed by atoms with Crippen molar-refractivity contribution in [2.75, 3.05) is 26.8 Å². The fraction of sp³-hybridized carbons (Fsp3) is 0.700. The third-order valence-corrected chi connectivity index (χ3v) is 5.99. The molecule has 4 rings (SSSR count). The molecule has 0 N–H and O–H groups in total. The van der Waals surface area contributed by atoms with Gasteiger partial charge in [-0.1, -0.05) is 5.16 Å². The maximum Gasteiger partial charge on any atom is 0.274 e. The van der Waals surface area contributed by atoms with Gasteiger partial charge in [-0.3, -0.25) is 9.48 Å². The van der Waals surface area contributed by atoms with Gasteiger partial charge < -0.3 is 18.9 Å².